The Balaban J connectivity index is 1.72. The predicted octanol–water partition coefficient (Wildman–Crippen LogP) is 1.68. The van der Waals surface area contributed by atoms with Crippen molar-refractivity contribution in [2.24, 2.45) is 0 Å². The lowest BCUT2D eigenvalue weighted by Crippen LogP contribution is -2.50. The van der Waals surface area contributed by atoms with Gasteiger partial charge >= 0.3 is 0 Å². The van der Waals surface area contributed by atoms with Crippen LogP contribution >= 0.6 is 11.3 Å². The Morgan fingerprint density at radius 3 is 3.10 bits per heavy atom. The smallest absolute Gasteiger partial charge is 0.186 e. The van der Waals surface area contributed by atoms with Crippen LogP contribution in [0.4, 0.5) is 5.13 Å². The SMILES string of the molecule is CCNCc1sc(N2CCN3CCCC3C2)nc1COC. The number of ether oxygens (including phenoxy) is 1. The van der Waals surface area contributed by atoms with E-state index in [4.69, 9.17) is 9.72 Å². The van der Waals surface area contributed by atoms with Gasteiger partial charge in [0.2, 0.25) is 0 Å². The molecule has 0 saturated carbocycles. The van der Waals surface area contributed by atoms with Crippen molar-refractivity contribution < 1.29 is 4.74 Å². The van der Waals surface area contributed by atoms with Crippen LogP contribution in [0.2, 0.25) is 0 Å². The van der Waals surface area contributed by atoms with E-state index in [1.165, 1.54) is 35.9 Å². The van der Waals surface area contributed by atoms with Crippen LogP contribution in [-0.2, 0) is 17.9 Å². The summed E-state index contributed by atoms with van der Waals surface area (Å²) in [5.41, 5.74) is 1.10. The lowest BCUT2D eigenvalue weighted by Gasteiger charge is -2.37. The molecule has 1 atom stereocenters. The summed E-state index contributed by atoms with van der Waals surface area (Å²) in [6.45, 7) is 9.36. The van der Waals surface area contributed by atoms with Crippen LogP contribution in [0, 0.1) is 0 Å². The Bertz CT molecular complexity index is 465. The second kappa shape index (κ2) is 7.05. The van der Waals surface area contributed by atoms with E-state index in [9.17, 15) is 0 Å². The van der Waals surface area contributed by atoms with E-state index in [0.717, 1.165) is 37.9 Å². The highest BCUT2D eigenvalue weighted by molar-refractivity contribution is 7.15. The third-order valence-corrected chi connectivity index (χ3v) is 5.60. The maximum atomic E-state index is 5.31. The molecule has 0 radical (unpaired) electrons. The first-order valence-corrected chi connectivity index (χ1v) is 8.80. The van der Waals surface area contributed by atoms with E-state index >= 15 is 0 Å². The summed E-state index contributed by atoms with van der Waals surface area (Å²) in [5.74, 6) is 0. The number of methoxy groups -OCH3 is 1. The molecule has 1 aromatic rings. The van der Waals surface area contributed by atoms with Gasteiger partial charge in [-0.1, -0.05) is 6.92 Å². The average molecular weight is 310 g/mol. The van der Waals surface area contributed by atoms with Crippen molar-refractivity contribution in [1.29, 1.82) is 0 Å². The standard InChI is InChI=1S/C15H26N4OS/c1-3-16-9-14-13(11-20-2)17-15(21-14)19-8-7-18-6-4-5-12(18)10-19/h12,16H,3-11H2,1-2H3. The van der Waals surface area contributed by atoms with Gasteiger partial charge in [-0.15, -0.1) is 11.3 Å². The number of thiazole rings is 1. The van der Waals surface area contributed by atoms with E-state index in [0.29, 0.717) is 6.61 Å². The number of piperazine rings is 1. The van der Waals surface area contributed by atoms with Crippen LogP contribution in [0.3, 0.4) is 0 Å². The molecule has 118 valence electrons. The molecule has 3 rings (SSSR count). The number of hydrogen-bond acceptors (Lipinski definition) is 6. The van der Waals surface area contributed by atoms with Crippen molar-refractivity contribution in [3.05, 3.63) is 10.6 Å². The molecular weight excluding hydrogens is 284 g/mol. The van der Waals surface area contributed by atoms with Crippen molar-refractivity contribution >= 4 is 16.5 Å². The van der Waals surface area contributed by atoms with Gasteiger partial charge in [-0.05, 0) is 25.9 Å². The van der Waals surface area contributed by atoms with Gasteiger partial charge in [-0.25, -0.2) is 4.98 Å². The number of fused-ring (bicyclic) bond motifs is 1. The lowest BCUT2D eigenvalue weighted by atomic mass is 10.2. The highest BCUT2D eigenvalue weighted by atomic mass is 32.1. The quantitative estimate of drug-likeness (QED) is 0.866. The molecule has 2 saturated heterocycles. The Labute approximate surface area is 131 Å². The Morgan fingerprint density at radius 2 is 2.29 bits per heavy atom. The topological polar surface area (TPSA) is 40.6 Å². The predicted molar refractivity (Wildman–Crippen MR) is 87.0 cm³/mol. The molecule has 0 aromatic carbocycles. The Kier molecular flexibility index (Phi) is 5.11. The van der Waals surface area contributed by atoms with Crippen molar-refractivity contribution in [1.82, 2.24) is 15.2 Å². The summed E-state index contributed by atoms with van der Waals surface area (Å²) in [5, 5.41) is 4.59. The molecule has 2 aliphatic heterocycles. The van der Waals surface area contributed by atoms with Crippen LogP contribution in [0.5, 0.6) is 0 Å². The van der Waals surface area contributed by atoms with Crippen LogP contribution in [-0.4, -0.2) is 55.8 Å². The molecule has 5 nitrogen and oxygen atoms in total. The molecule has 0 amide bonds. The molecule has 2 aliphatic rings. The maximum Gasteiger partial charge on any atom is 0.186 e. The van der Waals surface area contributed by atoms with Crippen LogP contribution in [0.1, 0.15) is 30.3 Å². The van der Waals surface area contributed by atoms with Gasteiger partial charge in [0.05, 0.1) is 12.3 Å². The molecule has 3 heterocycles. The molecule has 6 heteroatoms. The first kappa shape index (κ1) is 15.2. The van der Waals surface area contributed by atoms with Crippen LogP contribution in [0.15, 0.2) is 0 Å². The van der Waals surface area contributed by atoms with Gasteiger partial charge < -0.3 is 15.0 Å². The minimum atomic E-state index is 0.612. The molecule has 1 N–H and O–H groups in total. The Hall–Kier alpha value is -0.690. The highest BCUT2D eigenvalue weighted by Crippen LogP contribution is 2.30. The molecular formula is C15H26N4OS. The van der Waals surface area contributed by atoms with E-state index in [-0.39, 0.29) is 0 Å². The molecule has 0 spiro atoms. The van der Waals surface area contributed by atoms with E-state index < -0.39 is 0 Å². The first-order chi connectivity index (χ1) is 10.3. The second-order valence-electron chi connectivity index (χ2n) is 5.86. The number of anilines is 1. The summed E-state index contributed by atoms with van der Waals surface area (Å²) in [4.78, 5) is 11.3. The fraction of sp³-hybridized carbons (Fsp3) is 0.800. The zero-order chi connectivity index (χ0) is 14.7. The van der Waals surface area contributed by atoms with Crippen molar-refractivity contribution in [3.63, 3.8) is 0 Å². The minimum absolute atomic E-state index is 0.612. The van der Waals surface area contributed by atoms with Crippen molar-refractivity contribution in [3.8, 4) is 0 Å². The van der Waals surface area contributed by atoms with Crippen molar-refractivity contribution in [2.75, 3.05) is 44.7 Å². The van der Waals surface area contributed by atoms with Crippen molar-refractivity contribution in [2.45, 2.75) is 39.0 Å². The Morgan fingerprint density at radius 1 is 1.38 bits per heavy atom. The van der Waals surface area contributed by atoms with E-state index in [1.54, 1.807) is 7.11 Å². The summed E-state index contributed by atoms with van der Waals surface area (Å²) in [6.07, 6.45) is 2.70. The highest BCUT2D eigenvalue weighted by Gasteiger charge is 2.31. The third kappa shape index (κ3) is 3.39. The van der Waals surface area contributed by atoms with Gasteiger partial charge in [0, 0.05) is 44.2 Å². The molecule has 21 heavy (non-hydrogen) atoms. The molecule has 0 bridgehead atoms. The van der Waals surface area contributed by atoms with Gasteiger partial charge in [0.1, 0.15) is 0 Å². The summed E-state index contributed by atoms with van der Waals surface area (Å²) in [6, 6.07) is 0.741. The number of rotatable bonds is 6. The second-order valence-corrected chi connectivity index (χ2v) is 6.92. The number of aromatic nitrogens is 1. The summed E-state index contributed by atoms with van der Waals surface area (Å²) in [7, 11) is 1.74. The van der Waals surface area contributed by atoms with Gasteiger partial charge in [0.25, 0.3) is 0 Å². The van der Waals surface area contributed by atoms with Gasteiger partial charge in [-0.3, -0.25) is 4.90 Å². The number of hydrogen-bond donors (Lipinski definition) is 1. The number of nitrogens with one attached hydrogen (secondary N) is 1. The third-order valence-electron chi connectivity index (χ3n) is 4.44. The zero-order valence-corrected chi connectivity index (χ0v) is 13.9. The van der Waals surface area contributed by atoms with E-state index in [1.807, 2.05) is 11.3 Å². The molecule has 2 fully saturated rings. The minimum Gasteiger partial charge on any atom is -0.378 e. The van der Waals surface area contributed by atoms with Gasteiger partial charge in [-0.2, -0.15) is 0 Å². The van der Waals surface area contributed by atoms with Crippen LogP contribution < -0.4 is 10.2 Å². The fourth-order valence-electron chi connectivity index (χ4n) is 3.30. The fourth-order valence-corrected chi connectivity index (χ4v) is 4.36. The summed E-state index contributed by atoms with van der Waals surface area (Å²) >= 11 is 1.83. The van der Waals surface area contributed by atoms with Crippen LogP contribution in [0.25, 0.3) is 0 Å². The van der Waals surface area contributed by atoms with E-state index in [2.05, 4.69) is 22.0 Å². The maximum absolute atomic E-state index is 5.31. The summed E-state index contributed by atoms with van der Waals surface area (Å²) < 4.78 is 5.31. The monoisotopic (exact) mass is 310 g/mol. The largest absolute Gasteiger partial charge is 0.378 e. The van der Waals surface area contributed by atoms with Gasteiger partial charge in [0.15, 0.2) is 5.13 Å². The molecule has 0 aliphatic carbocycles. The molecule has 1 aromatic heterocycles. The number of nitrogens with zero attached hydrogens (tertiary/aromatic N) is 3. The zero-order valence-electron chi connectivity index (χ0n) is 13.1. The normalized spacial score (nSPS) is 22.8. The molecule has 1 unspecified atom stereocenters. The average Bonchev–Trinajstić information content (AvgIpc) is 3.11. The lowest BCUT2D eigenvalue weighted by molar-refractivity contribution is 0.181. The first-order valence-electron chi connectivity index (χ1n) is 7.99.